The zero-order valence-electron chi connectivity index (χ0n) is 17.9. The van der Waals surface area contributed by atoms with Crippen LogP contribution in [0.4, 0.5) is 10.2 Å². The molecule has 1 N–H and O–H groups in total. The van der Waals surface area contributed by atoms with Crippen LogP contribution in [-0.2, 0) is 6.54 Å². The van der Waals surface area contributed by atoms with Gasteiger partial charge in [-0.1, -0.05) is 6.92 Å². The smallest absolute Gasteiger partial charge is 0.166 e. The molecule has 2 aliphatic rings. The van der Waals surface area contributed by atoms with E-state index in [9.17, 15) is 4.39 Å². The normalized spacial score (nSPS) is 23.9. The van der Waals surface area contributed by atoms with Crippen LogP contribution in [0.3, 0.4) is 0 Å². The summed E-state index contributed by atoms with van der Waals surface area (Å²) in [5.41, 5.74) is 2.55. The van der Waals surface area contributed by atoms with Crippen LogP contribution in [0.2, 0.25) is 0 Å². The Balaban J connectivity index is 1.56. The zero-order valence-corrected chi connectivity index (χ0v) is 17.9. The number of anilines is 1. The third-order valence-corrected chi connectivity index (χ3v) is 6.70. The maximum absolute atomic E-state index is 13.5. The lowest BCUT2D eigenvalue weighted by molar-refractivity contribution is 0.169. The summed E-state index contributed by atoms with van der Waals surface area (Å²) < 4.78 is 15.6. The third-order valence-electron chi connectivity index (χ3n) is 6.70. The van der Waals surface area contributed by atoms with Crippen LogP contribution in [0.15, 0.2) is 24.3 Å². The molecular weight excluding hydrogens is 379 g/mol. The van der Waals surface area contributed by atoms with Crippen molar-refractivity contribution >= 4 is 17.0 Å². The number of piperidine rings is 1. The largest absolute Gasteiger partial charge is 0.365 e. The lowest BCUT2D eigenvalue weighted by Gasteiger charge is -2.36. The summed E-state index contributed by atoms with van der Waals surface area (Å²) in [4.78, 5) is 17.0. The van der Waals surface area contributed by atoms with E-state index in [1.54, 1.807) is 12.1 Å². The molecule has 0 spiro atoms. The van der Waals surface area contributed by atoms with Crippen LogP contribution in [0.1, 0.15) is 44.9 Å². The van der Waals surface area contributed by atoms with Gasteiger partial charge in [0.2, 0.25) is 0 Å². The van der Waals surface area contributed by atoms with Crippen molar-refractivity contribution < 1.29 is 4.39 Å². The topological polar surface area (TPSA) is 58.9 Å². The molecule has 2 atom stereocenters. The number of benzene rings is 1. The highest BCUT2D eigenvalue weighted by atomic mass is 19.1. The van der Waals surface area contributed by atoms with Crippen molar-refractivity contribution in [2.45, 2.75) is 70.6 Å². The molecule has 2 bridgehead atoms. The van der Waals surface area contributed by atoms with Gasteiger partial charge in [-0.25, -0.2) is 19.3 Å². The van der Waals surface area contributed by atoms with Crippen LogP contribution in [0, 0.1) is 12.7 Å². The van der Waals surface area contributed by atoms with E-state index in [1.165, 1.54) is 25.0 Å². The summed E-state index contributed by atoms with van der Waals surface area (Å²) in [5, 5.41) is 3.72. The molecule has 30 heavy (non-hydrogen) atoms. The van der Waals surface area contributed by atoms with Gasteiger partial charge in [-0.05, 0) is 70.3 Å². The van der Waals surface area contributed by atoms with E-state index < -0.39 is 0 Å². The Morgan fingerprint density at radius 3 is 2.43 bits per heavy atom. The molecule has 6 nitrogen and oxygen atoms in total. The SMILES string of the molecule is CCCn1c(-c2ccc(F)cc2)nc2c(NC3CC4CCC(C3)N4C)nc(C)nc21. The van der Waals surface area contributed by atoms with E-state index in [4.69, 9.17) is 15.0 Å². The fourth-order valence-corrected chi connectivity index (χ4v) is 5.19. The Labute approximate surface area is 176 Å². The molecular formula is C23H29FN6. The zero-order chi connectivity index (χ0) is 20.8. The Bertz CT molecular complexity index is 1050. The lowest BCUT2D eigenvalue weighted by Crippen LogP contribution is -2.44. The molecule has 158 valence electrons. The van der Waals surface area contributed by atoms with Crippen LogP contribution in [0.5, 0.6) is 0 Å². The van der Waals surface area contributed by atoms with Crippen molar-refractivity contribution in [3.8, 4) is 11.4 Å². The van der Waals surface area contributed by atoms with Crippen molar-refractivity contribution in [3.05, 3.63) is 35.9 Å². The average Bonchev–Trinajstić information content (AvgIpc) is 3.15. The van der Waals surface area contributed by atoms with E-state index in [2.05, 4.69) is 28.8 Å². The second kappa shape index (κ2) is 7.61. The molecule has 3 aromatic rings. The first-order valence-electron chi connectivity index (χ1n) is 11.0. The van der Waals surface area contributed by atoms with Gasteiger partial charge >= 0.3 is 0 Å². The van der Waals surface area contributed by atoms with Gasteiger partial charge in [0.1, 0.15) is 17.5 Å². The first-order chi connectivity index (χ1) is 14.5. The molecule has 2 saturated heterocycles. The van der Waals surface area contributed by atoms with E-state index in [1.807, 2.05) is 6.92 Å². The molecule has 2 aliphatic heterocycles. The number of fused-ring (bicyclic) bond motifs is 3. The summed E-state index contributed by atoms with van der Waals surface area (Å²) in [6, 6.07) is 8.25. The molecule has 2 fully saturated rings. The first kappa shape index (κ1) is 19.4. The van der Waals surface area contributed by atoms with Crippen LogP contribution < -0.4 is 5.32 Å². The average molecular weight is 409 g/mol. The van der Waals surface area contributed by atoms with Crippen molar-refractivity contribution in [2.75, 3.05) is 12.4 Å². The Morgan fingerprint density at radius 1 is 1.07 bits per heavy atom. The van der Waals surface area contributed by atoms with Crippen LogP contribution in [-0.4, -0.2) is 49.6 Å². The number of hydrogen-bond acceptors (Lipinski definition) is 5. The highest BCUT2D eigenvalue weighted by Crippen LogP contribution is 2.36. The fraction of sp³-hybridized carbons (Fsp3) is 0.522. The van der Waals surface area contributed by atoms with E-state index in [0.717, 1.165) is 60.0 Å². The predicted molar refractivity (Wildman–Crippen MR) is 117 cm³/mol. The monoisotopic (exact) mass is 408 g/mol. The van der Waals surface area contributed by atoms with Gasteiger partial charge < -0.3 is 14.8 Å². The van der Waals surface area contributed by atoms with Crippen molar-refractivity contribution in [2.24, 2.45) is 0 Å². The number of halogens is 1. The molecule has 2 aromatic heterocycles. The highest BCUT2D eigenvalue weighted by molar-refractivity contribution is 5.86. The third kappa shape index (κ3) is 3.35. The van der Waals surface area contributed by atoms with E-state index in [-0.39, 0.29) is 5.82 Å². The Morgan fingerprint density at radius 2 is 1.77 bits per heavy atom. The Hall–Kier alpha value is -2.54. The summed E-state index contributed by atoms with van der Waals surface area (Å²) >= 11 is 0. The molecule has 0 saturated carbocycles. The molecule has 2 unspecified atom stereocenters. The highest BCUT2D eigenvalue weighted by Gasteiger charge is 2.38. The van der Waals surface area contributed by atoms with Gasteiger partial charge in [-0.3, -0.25) is 0 Å². The number of nitrogens with one attached hydrogen (secondary N) is 1. The van der Waals surface area contributed by atoms with Crippen molar-refractivity contribution in [1.82, 2.24) is 24.4 Å². The lowest BCUT2D eigenvalue weighted by atomic mass is 9.98. The van der Waals surface area contributed by atoms with Crippen LogP contribution >= 0.6 is 0 Å². The molecule has 5 rings (SSSR count). The predicted octanol–water partition coefficient (Wildman–Crippen LogP) is 4.39. The molecule has 0 amide bonds. The maximum Gasteiger partial charge on any atom is 0.166 e. The van der Waals surface area contributed by atoms with E-state index >= 15 is 0 Å². The second-order valence-corrected chi connectivity index (χ2v) is 8.75. The number of hydrogen-bond donors (Lipinski definition) is 1. The number of nitrogens with zero attached hydrogens (tertiary/aromatic N) is 5. The molecule has 7 heteroatoms. The second-order valence-electron chi connectivity index (χ2n) is 8.75. The fourth-order valence-electron chi connectivity index (χ4n) is 5.19. The van der Waals surface area contributed by atoms with Gasteiger partial charge in [0.05, 0.1) is 0 Å². The summed E-state index contributed by atoms with van der Waals surface area (Å²) in [6.45, 7) is 4.88. The molecule has 0 radical (unpaired) electrons. The van der Waals surface area contributed by atoms with E-state index in [0.29, 0.717) is 18.1 Å². The summed E-state index contributed by atoms with van der Waals surface area (Å²) in [6.07, 6.45) is 5.81. The molecule has 0 aliphatic carbocycles. The summed E-state index contributed by atoms with van der Waals surface area (Å²) in [7, 11) is 2.26. The molecule has 4 heterocycles. The standard InChI is InChI=1S/C23H29FN6/c1-4-11-30-22(15-5-7-16(24)8-6-15)28-20-21(25-14(2)26-23(20)30)27-17-12-18-9-10-19(13-17)29(18)3/h5-8,17-19H,4,9-13H2,1-3H3,(H,25,26,27). The number of aryl methyl sites for hydroxylation is 2. The number of imidazole rings is 1. The summed E-state index contributed by atoms with van der Waals surface area (Å²) in [5.74, 6) is 2.14. The van der Waals surface area contributed by atoms with Gasteiger partial charge in [-0.15, -0.1) is 0 Å². The number of rotatable bonds is 5. The first-order valence-corrected chi connectivity index (χ1v) is 11.0. The van der Waals surface area contributed by atoms with Gasteiger partial charge in [0.25, 0.3) is 0 Å². The van der Waals surface area contributed by atoms with Crippen molar-refractivity contribution in [1.29, 1.82) is 0 Å². The van der Waals surface area contributed by atoms with Gasteiger partial charge in [0, 0.05) is 30.2 Å². The molecule has 1 aromatic carbocycles. The minimum atomic E-state index is -0.244. The minimum absolute atomic E-state index is 0.244. The quantitative estimate of drug-likeness (QED) is 0.679. The van der Waals surface area contributed by atoms with Crippen molar-refractivity contribution in [3.63, 3.8) is 0 Å². The minimum Gasteiger partial charge on any atom is -0.365 e. The number of aromatic nitrogens is 4. The van der Waals surface area contributed by atoms with Crippen LogP contribution in [0.25, 0.3) is 22.6 Å². The maximum atomic E-state index is 13.5. The van der Waals surface area contributed by atoms with Gasteiger partial charge in [0.15, 0.2) is 17.0 Å². The van der Waals surface area contributed by atoms with Gasteiger partial charge in [-0.2, -0.15) is 0 Å². The Kier molecular flexibility index (Phi) is 4.93.